The lowest BCUT2D eigenvalue weighted by atomic mass is 9.83. The van der Waals surface area contributed by atoms with Crippen LogP contribution in [0.15, 0.2) is 146 Å². The van der Waals surface area contributed by atoms with Gasteiger partial charge in [0.15, 0.2) is 5.69 Å². The minimum atomic E-state index is 0.0456. The summed E-state index contributed by atoms with van der Waals surface area (Å²) < 4.78 is 9.64. The Bertz CT molecular complexity index is 2490. The van der Waals surface area contributed by atoms with E-state index < -0.39 is 0 Å². The van der Waals surface area contributed by atoms with Crippen LogP contribution in [0.3, 0.4) is 0 Å². The summed E-state index contributed by atoms with van der Waals surface area (Å²) in [6.07, 6.45) is 4.46. The molecule has 0 atom stereocenters. The van der Waals surface area contributed by atoms with Crippen molar-refractivity contribution in [1.29, 1.82) is 0 Å². The highest BCUT2D eigenvalue weighted by atomic mass is 15.2. The van der Waals surface area contributed by atoms with Gasteiger partial charge in [-0.1, -0.05) is 112 Å². The first kappa shape index (κ1) is 29.3. The highest BCUT2D eigenvalue weighted by molar-refractivity contribution is 6.11. The number of imidazole rings is 1. The molecule has 4 nitrogen and oxygen atoms in total. The van der Waals surface area contributed by atoms with E-state index in [9.17, 15) is 0 Å². The summed E-state index contributed by atoms with van der Waals surface area (Å²) in [7, 11) is 0. The van der Waals surface area contributed by atoms with E-state index in [1.807, 2.05) is 0 Å². The summed E-state index contributed by atoms with van der Waals surface area (Å²) in [6, 6.07) is 48.6. The van der Waals surface area contributed by atoms with Crippen LogP contribution >= 0.6 is 0 Å². The molecule has 49 heavy (non-hydrogen) atoms. The van der Waals surface area contributed by atoms with Gasteiger partial charge in [-0.3, -0.25) is 0 Å². The summed E-state index contributed by atoms with van der Waals surface area (Å²) in [6.45, 7) is 11.4. The van der Waals surface area contributed by atoms with Crippen molar-refractivity contribution in [2.45, 2.75) is 40.0 Å². The molecule has 0 radical (unpaired) electrons. The number of hydrogen-bond donors (Lipinski definition) is 0. The maximum Gasteiger partial charge on any atom is 0.263 e. The van der Waals surface area contributed by atoms with Gasteiger partial charge < -0.3 is 9.13 Å². The maximum atomic E-state index is 2.45. The molecule has 9 rings (SSSR count). The highest BCUT2D eigenvalue weighted by Gasteiger charge is 2.28. The van der Waals surface area contributed by atoms with E-state index in [-0.39, 0.29) is 5.41 Å². The number of hydrogen-bond acceptors (Lipinski definition) is 0. The Hall–Kier alpha value is -5.87. The van der Waals surface area contributed by atoms with Gasteiger partial charge >= 0.3 is 0 Å². The molecule has 0 bridgehead atoms. The van der Waals surface area contributed by atoms with Crippen LogP contribution in [0, 0.1) is 13.8 Å². The van der Waals surface area contributed by atoms with Crippen LogP contribution < -0.4 is 4.57 Å². The Kier molecular flexibility index (Phi) is 6.47. The lowest BCUT2D eigenvalue weighted by Gasteiger charge is -2.22. The zero-order chi connectivity index (χ0) is 33.4. The fourth-order valence-electron chi connectivity index (χ4n) is 8.14. The van der Waals surface area contributed by atoms with E-state index in [0.717, 1.165) is 22.9 Å². The fraction of sp³-hybridized carbons (Fsp3) is 0.133. The number of fused-ring (bicyclic) bond motifs is 6. The van der Waals surface area contributed by atoms with E-state index in [0.29, 0.717) is 0 Å². The van der Waals surface area contributed by atoms with Gasteiger partial charge in [0.1, 0.15) is 18.1 Å². The number of nitrogens with zero attached hydrogens (tertiary/aromatic N) is 4. The van der Waals surface area contributed by atoms with E-state index in [4.69, 9.17) is 0 Å². The molecule has 4 heteroatoms. The Balaban J connectivity index is 1.41. The SMILES string of the molecule is Cc1c(-n2cc[n+](-c3c(-n4c5ccccc5c5ccccc54)cccc3-n3c4ccccc4c4ccccc43)c2C)cccc1C(C)(C)C. The monoisotopic (exact) mass is 635 g/mol. The quantitative estimate of drug-likeness (QED) is 0.171. The van der Waals surface area contributed by atoms with Crippen LogP contribution in [0.1, 0.15) is 37.7 Å². The second-order valence-corrected chi connectivity index (χ2v) is 14.2. The van der Waals surface area contributed by atoms with Gasteiger partial charge in [-0.15, -0.1) is 0 Å². The van der Waals surface area contributed by atoms with Crippen LogP contribution in [0.4, 0.5) is 0 Å². The van der Waals surface area contributed by atoms with Gasteiger partial charge in [-0.2, -0.15) is 9.13 Å². The minimum absolute atomic E-state index is 0.0456. The second kappa shape index (κ2) is 10.8. The molecule has 0 fully saturated rings. The summed E-state index contributed by atoms with van der Waals surface area (Å²) in [5.74, 6) is 1.13. The first-order valence-electron chi connectivity index (χ1n) is 17.1. The molecular weight excluding hydrogens is 597 g/mol. The van der Waals surface area contributed by atoms with Crippen LogP contribution in [-0.2, 0) is 5.41 Å². The molecule has 0 aliphatic carbocycles. The van der Waals surface area contributed by atoms with E-state index in [1.54, 1.807) is 0 Å². The topological polar surface area (TPSA) is 18.7 Å². The van der Waals surface area contributed by atoms with Crippen LogP contribution in [0.5, 0.6) is 0 Å². The predicted molar refractivity (Wildman–Crippen MR) is 204 cm³/mol. The van der Waals surface area contributed by atoms with Gasteiger partial charge in [0.05, 0.1) is 33.4 Å². The molecule has 0 saturated carbocycles. The molecule has 0 aliphatic rings. The molecule has 0 aliphatic heterocycles. The molecule has 0 amide bonds. The molecule has 0 N–H and O–H groups in total. The fourth-order valence-corrected chi connectivity index (χ4v) is 8.14. The lowest BCUT2D eigenvalue weighted by molar-refractivity contribution is -0.601. The van der Waals surface area contributed by atoms with Gasteiger partial charge in [-0.25, -0.2) is 0 Å². The van der Waals surface area contributed by atoms with Crippen LogP contribution in [-0.4, -0.2) is 13.7 Å². The zero-order valence-corrected chi connectivity index (χ0v) is 28.6. The number of para-hydroxylation sites is 5. The van der Waals surface area contributed by atoms with Crippen molar-refractivity contribution in [2.75, 3.05) is 0 Å². The summed E-state index contributed by atoms with van der Waals surface area (Å²) in [5.41, 5.74) is 12.1. The number of benzene rings is 6. The summed E-state index contributed by atoms with van der Waals surface area (Å²) >= 11 is 0. The first-order chi connectivity index (χ1) is 23.8. The van der Waals surface area contributed by atoms with Crippen molar-refractivity contribution >= 4 is 43.6 Å². The predicted octanol–water partition coefficient (Wildman–Crippen LogP) is 10.9. The molecule has 3 heterocycles. The van der Waals surface area contributed by atoms with Crippen LogP contribution in [0.25, 0.3) is 66.4 Å². The molecule has 0 saturated heterocycles. The van der Waals surface area contributed by atoms with Crippen LogP contribution in [0.2, 0.25) is 0 Å². The third kappa shape index (κ3) is 4.33. The van der Waals surface area contributed by atoms with Gasteiger partial charge in [0, 0.05) is 28.5 Å². The molecule has 9 aromatic rings. The van der Waals surface area contributed by atoms with Crippen molar-refractivity contribution in [3.63, 3.8) is 0 Å². The smallest absolute Gasteiger partial charge is 0.263 e. The van der Waals surface area contributed by atoms with E-state index in [1.165, 1.54) is 60.4 Å². The van der Waals surface area contributed by atoms with E-state index >= 15 is 0 Å². The molecule has 3 aromatic heterocycles. The molecule has 238 valence electrons. The standard InChI is InChI=1S/C45H39N4/c1-30-36(45(3,4)5)20-14-25-37(30)46-28-29-47(31(46)2)44-42(48-38-21-10-6-16-32(38)33-17-7-11-22-39(33)48)26-15-27-43(44)49-40-23-12-8-18-34(40)35-19-9-13-24-41(35)49/h6-29H,1-5H3/q+1. The molecule has 0 unspecified atom stereocenters. The minimum Gasteiger partial charge on any atom is -0.305 e. The third-order valence-corrected chi connectivity index (χ3v) is 10.3. The second-order valence-electron chi connectivity index (χ2n) is 14.2. The average Bonchev–Trinajstić information content (AvgIpc) is 3.77. The van der Waals surface area contributed by atoms with Gasteiger partial charge in [-0.05, 0) is 65.9 Å². The maximum absolute atomic E-state index is 2.45. The lowest BCUT2D eigenvalue weighted by Crippen LogP contribution is -2.35. The Labute approximate surface area is 286 Å². The van der Waals surface area contributed by atoms with Crippen molar-refractivity contribution in [2.24, 2.45) is 0 Å². The van der Waals surface area contributed by atoms with Crippen molar-refractivity contribution in [3.05, 3.63) is 163 Å². The molecular formula is C45H39N4+. The third-order valence-electron chi connectivity index (χ3n) is 10.3. The highest BCUT2D eigenvalue weighted by Crippen LogP contribution is 2.38. The Morgan fingerprint density at radius 1 is 0.469 bits per heavy atom. The average molecular weight is 636 g/mol. The number of aromatic nitrogens is 4. The zero-order valence-electron chi connectivity index (χ0n) is 28.6. The first-order valence-corrected chi connectivity index (χ1v) is 17.1. The van der Waals surface area contributed by atoms with Gasteiger partial charge in [0.25, 0.3) is 5.82 Å². The Morgan fingerprint density at radius 3 is 1.33 bits per heavy atom. The van der Waals surface area contributed by atoms with Gasteiger partial charge in [0.2, 0.25) is 0 Å². The van der Waals surface area contributed by atoms with Crippen molar-refractivity contribution in [3.8, 4) is 22.7 Å². The summed E-state index contributed by atoms with van der Waals surface area (Å²) in [4.78, 5) is 0. The number of rotatable bonds is 4. The van der Waals surface area contributed by atoms with Crippen molar-refractivity contribution < 1.29 is 4.57 Å². The molecule has 6 aromatic carbocycles. The molecule has 0 spiro atoms. The Morgan fingerprint density at radius 2 is 0.878 bits per heavy atom. The van der Waals surface area contributed by atoms with E-state index in [2.05, 4.69) is 199 Å². The normalized spacial score (nSPS) is 12.2. The largest absolute Gasteiger partial charge is 0.305 e. The summed E-state index contributed by atoms with van der Waals surface area (Å²) in [5, 5.41) is 5.00. The van der Waals surface area contributed by atoms with Crippen molar-refractivity contribution in [1.82, 2.24) is 13.7 Å².